The van der Waals surface area contributed by atoms with Gasteiger partial charge in [0.1, 0.15) is 5.25 Å². The van der Waals surface area contributed by atoms with Crippen LogP contribution in [0.1, 0.15) is 26.3 Å². The topological polar surface area (TPSA) is 98.3 Å². The van der Waals surface area contributed by atoms with Gasteiger partial charge in [-0.05, 0) is 13.8 Å². The molecule has 1 aliphatic heterocycles. The van der Waals surface area contributed by atoms with Crippen LogP contribution in [0.5, 0.6) is 0 Å². The summed E-state index contributed by atoms with van der Waals surface area (Å²) in [5.74, 6) is -0.239. The molecule has 1 atom stereocenters. The van der Waals surface area contributed by atoms with Gasteiger partial charge in [-0.2, -0.15) is 5.10 Å². The van der Waals surface area contributed by atoms with Gasteiger partial charge in [-0.1, -0.05) is 0 Å². The maximum Gasteiger partial charge on any atom is 0.228 e. The molecule has 7 nitrogen and oxygen atoms in total. The first-order valence-corrected chi connectivity index (χ1v) is 7.26. The van der Waals surface area contributed by atoms with Crippen LogP contribution in [0.2, 0.25) is 0 Å². The Bertz CT molecular complexity index is 563. The fourth-order valence-electron chi connectivity index (χ4n) is 1.89. The maximum atomic E-state index is 11.8. The average Bonchev–Trinajstić information content (AvgIpc) is 2.81. The molecule has 0 bridgehead atoms. The Hall–Kier alpha value is -1.41. The summed E-state index contributed by atoms with van der Waals surface area (Å²) in [6.07, 6.45) is 3.23. The number of hydrogen-bond donors (Lipinski definition) is 1. The number of rotatable bonds is 3. The fourth-order valence-corrected chi connectivity index (χ4v) is 2.63. The molecule has 8 heteroatoms. The van der Waals surface area contributed by atoms with E-state index in [1.165, 1.54) is 4.90 Å². The number of nitrogens with two attached hydrogens (primary N) is 1. The van der Waals surface area contributed by atoms with Crippen molar-refractivity contribution in [2.75, 3.05) is 11.4 Å². The van der Waals surface area contributed by atoms with Crippen LogP contribution in [0.15, 0.2) is 12.4 Å². The SMILES string of the molecule is CC(C)n1cc(N2CC(S(N)(=O)=O)CC2=O)cn1. The number of anilines is 1. The summed E-state index contributed by atoms with van der Waals surface area (Å²) in [6.45, 7) is 4.03. The predicted octanol–water partition coefficient (Wildman–Crippen LogP) is -0.142. The molecule has 0 saturated carbocycles. The van der Waals surface area contributed by atoms with E-state index in [0.717, 1.165) is 0 Å². The second-order valence-electron chi connectivity index (χ2n) is 4.69. The van der Waals surface area contributed by atoms with Crippen LogP contribution >= 0.6 is 0 Å². The molecule has 1 aromatic rings. The van der Waals surface area contributed by atoms with Gasteiger partial charge in [0.25, 0.3) is 0 Å². The summed E-state index contributed by atoms with van der Waals surface area (Å²) in [5.41, 5.74) is 0.611. The van der Waals surface area contributed by atoms with Crippen molar-refractivity contribution in [3.05, 3.63) is 12.4 Å². The Labute approximate surface area is 106 Å². The van der Waals surface area contributed by atoms with Gasteiger partial charge in [0, 0.05) is 25.2 Å². The molecule has 2 N–H and O–H groups in total. The molecule has 0 aromatic carbocycles. The lowest BCUT2D eigenvalue weighted by Gasteiger charge is -2.13. The van der Waals surface area contributed by atoms with Crippen molar-refractivity contribution in [1.82, 2.24) is 9.78 Å². The molecule has 2 rings (SSSR count). The Morgan fingerprint density at radius 3 is 2.61 bits per heavy atom. The first kappa shape index (κ1) is 13.0. The van der Waals surface area contributed by atoms with E-state index in [1.54, 1.807) is 17.1 Å². The van der Waals surface area contributed by atoms with Crippen LogP contribution in [-0.4, -0.2) is 35.9 Å². The van der Waals surface area contributed by atoms with E-state index >= 15 is 0 Å². The molecule has 18 heavy (non-hydrogen) atoms. The van der Waals surface area contributed by atoms with Gasteiger partial charge in [-0.3, -0.25) is 9.48 Å². The fraction of sp³-hybridized carbons (Fsp3) is 0.600. The third-order valence-electron chi connectivity index (χ3n) is 2.98. The summed E-state index contributed by atoms with van der Waals surface area (Å²) in [5, 5.41) is 8.37. The summed E-state index contributed by atoms with van der Waals surface area (Å²) >= 11 is 0. The summed E-state index contributed by atoms with van der Waals surface area (Å²) < 4.78 is 24.2. The molecule has 0 spiro atoms. The van der Waals surface area contributed by atoms with Crippen LogP contribution in [-0.2, 0) is 14.8 Å². The molecule has 1 fully saturated rings. The highest BCUT2D eigenvalue weighted by Gasteiger charge is 2.37. The predicted molar refractivity (Wildman–Crippen MR) is 66.5 cm³/mol. The zero-order chi connectivity index (χ0) is 13.5. The molecule has 0 radical (unpaired) electrons. The van der Waals surface area contributed by atoms with Crippen LogP contribution in [0, 0.1) is 0 Å². The van der Waals surface area contributed by atoms with Crippen molar-refractivity contribution in [1.29, 1.82) is 0 Å². The summed E-state index contributed by atoms with van der Waals surface area (Å²) in [6, 6.07) is 0.186. The van der Waals surface area contributed by atoms with Crippen LogP contribution < -0.4 is 10.0 Å². The molecule has 2 heterocycles. The number of carbonyl (C=O) groups is 1. The first-order chi connectivity index (χ1) is 8.29. The minimum Gasteiger partial charge on any atom is -0.308 e. The largest absolute Gasteiger partial charge is 0.308 e. The molecule has 0 aliphatic carbocycles. The number of aromatic nitrogens is 2. The third kappa shape index (κ3) is 2.39. The van der Waals surface area contributed by atoms with Gasteiger partial charge in [-0.15, -0.1) is 0 Å². The highest BCUT2D eigenvalue weighted by Crippen LogP contribution is 2.24. The van der Waals surface area contributed by atoms with E-state index in [0.29, 0.717) is 5.69 Å². The van der Waals surface area contributed by atoms with Crippen LogP contribution in [0.25, 0.3) is 0 Å². The Kier molecular flexibility index (Phi) is 3.16. The van der Waals surface area contributed by atoms with Crippen molar-refractivity contribution < 1.29 is 13.2 Å². The van der Waals surface area contributed by atoms with Crippen molar-refractivity contribution >= 4 is 21.6 Å². The molecule has 1 saturated heterocycles. The van der Waals surface area contributed by atoms with Gasteiger partial charge in [0.05, 0.1) is 11.9 Å². The molecule has 100 valence electrons. The smallest absolute Gasteiger partial charge is 0.228 e. The minimum absolute atomic E-state index is 0.0638. The second kappa shape index (κ2) is 4.36. The molecular weight excluding hydrogens is 256 g/mol. The Morgan fingerprint density at radius 2 is 2.17 bits per heavy atom. The summed E-state index contributed by atoms with van der Waals surface area (Å²) in [7, 11) is -3.68. The van der Waals surface area contributed by atoms with Crippen molar-refractivity contribution in [2.45, 2.75) is 31.6 Å². The van der Waals surface area contributed by atoms with Gasteiger partial charge < -0.3 is 4.90 Å². The van der Waals surface area contributed by atoms with E-state index in [-0.39, 0.29) is 24.9 Å². The number of hydrogen-bond acceptors (Lipinski definition) is 4. The quantitative estimate of drug-likeness (QED) is 0.827. The molecule has 1 amide bonds. The van der Waals surface area contributed by atoms with Crippen molar-refractivity contribution in [3.8, 4) is 0 Å². The zero-order valence-corrected chi connectivity index (χ0v) is 11.1. The van der Waals surface area contributed by atoms with E-state index in [1.807, 2.05) is 13.8 Å². The van der Waals surface area contributed by atoms with Crippen molar-refractivity contribution in [3.63, 3.8) is 0 Å². The Morgan fingerprint density at radius 1 is 1.50 bits per heavy atom. The lowest BCUT2D eigenvalue weighted by atomic mass is 10.4. The lowest BCUT2D eigenvalue weighted by molar-refractivity contribution is -0.117. The third-order valence-corrected chi connectivity index (χ3v) is 4.23. The molecule has 1 aromatic heterocycles. The minimum atomic E-state index is -3.68. The average molecular weight is 272 g/mol. The number of nitrogens with zero attached hydrogens (tertiary/aromatic N) is 3. The van der Waals surface area contributed by atoms with E-state index in [9.17, 15) is 13.2 Å². The number of primary sulfonamides is 1. The molecular formula is C10H16N4O3S. The highest BCUT2D eigenvalue weighted by molar-refractivity contribution is 7.89. The van der Waals surface area contributed by atoms with E-state index in [2.05, 4.69) is 5.10 Å². The normalized spacial score (nSPS) is 21.0. The molecule has 1 unspecified atom stereocenters. The van der Waals surface area contributed by atoms with Gasteiger partial charge in [-0.25, -0.2) is 13.6 Å². The lowest BCUT2D eigenvalue weighted by Crippen LogP contribution is -2.32. The number of amides is 1. The second-order valence-corrected chi connectivity index (χ2v) is 6.54. The van der Waals surface area contributed by atoms with Crippen molar-refractivity contribution in [2.24, 2.45) is 5.14 Å². The Balaban J connectivity index is 2.22. The number of sulfonamides is 1. The molecule has 1 aliphatic rings. The summed E-state index contributed by atoms with van der Waals surface area (Å²) in [4.78, 5) is 13.2. The van der Waals surface area contributed by atoms with Gasteiger partial charge >= 0.3 is 0 Å². The first-order valence-electron chi connectivity index (χ1n) is 5.65. The van der Waals surface area contributed by atoms with E-state index < -0.39 is 15.3 Å². The monoisotopic (exact) mass is 272 g/mol. The highest BCUT2D eigenvalue weighted by atomic mass is 32.2. The van der Waals surface area contributed by atoms with E-state index in [4.69, 9.17) is 5.14 Å². The number of carbonyl (C=O) groups excluding carboxylic acids is 1. The van der Waals surface area contributed by atoms with Gasteiger partial charge in [0.2, 0.25) is 15.9 Å². The maximum absolute atomic E-state index is 11.8. The van der Waals surface area contributed by atoms with Crippen LogP contribution in [0.4, 0.5) is 5.69 Å². The van der Waals surface area contributed by atoms with Crippen LogP contribution in [0.3, 0.4) is 0 Å². The zero-order valence-electron chi connectivity index (χ0n) is 10.3. The van der Waals surface area contributed by atoms with Gasteiger partial charge in [0.15, 0.2) is 0 Å². The standard InChI is InChI=1S/C10H16N4O3S/c1-7(2)14-5-8(4-12-14)13-6-9(3-10(13)15)18(11,16)17/h4-5,7,9H,3,6H2,1-2H3,(H2,11,16,17).